The third kappa shape index (κ3) is 3.82. The van der Waals surface area contributed by atoms with Crippen molar-refractivity contribution >= 4 is 5.69 Å². The Morgan fingerprint density at radius 1 is 0.706 bits per heavy atom. The van der Waals surface area contributed by atoms with Crippen molar-refractivity contribution in [2.75, 3.05) is 18.0 Å². The van der Waals surface area contributed by atoms with Crippen molar-refractivity contribution in [2.24, 2.45) is 0 Å². The smallest absolute Gasteiger partial charge is 0.127 e. The number of rotatable bonds is 3. The van der Waals surface area contributed by atoms with E-state index in [9.17, 15) is 0 Å². The van der Waals surface area contributed by atoms with Gasteiger partial charge in [0.15, 0.2) is 0 Å². The van der Waals surface area contributed by atoms with Crippen molar-refractivity contribution in [3.05, 3.63) is 93.0 Å². The van der Waals surface area contributed by atoms with Crippen LogP contribution in [0.2, 0.25) is 0 Å². The molecule has 0 amide bonds. The highest BCUT2D eigenvalue weighted by Gasteiger charge is 2.45. The monoisotopic (exact) mass is 453 g/mol. The van der Waals surface area contributed by atoms with E-state index in [1.165, 1.54) is 63.0 Å². The lowest BCUT2D eigenvalue weighted by Crippen LogP contribution is -2.34. The van der Waals surface area contributed by atoms with Gasteiger partial charge in [-0.05, 0) is 95.0 Å². The first-order valence-electron chi connectivity index (χ1n) is 12.9. The summed E-state index contributed by atoms with van der Waals surface area (Å²) in [5, 5.41) is 0. The van der Waals surface area contributed by atoms with Crippen LogP contribution in [0.3, 0.4) is 0 Å². The van der Waals surface area contributed by atoms with Crippen LogP contribution in [0.5, 0.6) is 5.75 Å². The minimum atomic E-state index is -0.267. The third-order valence-corrected chi connectivity index (χ3v) is 8.38. The quantitative estimate of drug-likeness (QED) is 0.399. The van der Waals surface area contributed by atoms with Crippen molar-refractivity contribution < 1.29 is 4.74 Å². The van der Waals surface area contributed by atoms with Gasteiger partial charge in [-0.2, -0.15) is 0 Å². The average Bonchev–Trinajstić information content (AvgIpc) is 3.11. The zero-order chi connectivity index (χ0) is 24.2. The van der Waals surface area contributed by atoms with E-state index in [4.69, 9.17) is 4.74 Å². The second kappa shape index (κ2) is 8.48. The number of hydrogen-bond donors (Lipinski definition) is 0. The molecule has 2 heteroatoms. The van der Waals surface area contributed by atoms with Gasteiger partial charge in [-0.15, -0.1) is 0 Å². The van der Waals surface area contributed by atoms with Gasteiger partial charge in [-0.1, -0.05) is 59.7 Å². The van der Waals surface area contributed by atoms with Crippen LogP contribution in [0.1, 0.15) is 83.0 Å². The SMILES string of the molecule is Cc1ccc(C2CCN(c3c(C)c(C)c4c(c3C)C(c3ccc(C)cc3)C(C)(C)O4)CC2)cc1. The van der Waals surface area contributed by atoms with Gasteiger partial charge in [0.25, 0.3) is 0 Å². The molecular weight excluding hydrogens is 414 g/mol. The van der Waals surface area contributed by atoms with Crippen LogP contribution in [-0.4, -0.2) is 18.7 Å². The van der Waals surface area contributed by atoms with Crippen LogP contribution in [-0.2, 0) is 0 Å². The summed E-state index contributed by atoms with van der Waals surface area (Å²) in [7, 11) is 0. The fourth-order valence-corrected chi connectivity index (χ4v) is 6.35. The molecule has 3 aromatic carbocycles. The Morgan fingerprint density at radius 3 is 1.79 bits per heavy atom. The fourth-order valence-electron chi connectivity index (χ4n) is 6.35. The Balaban J connectivity index is 1.51. The van der Waals surface area contributed by atoms with Gasteiger partial charge in [-0.3, -0.25) is 0 Å². The topological polar surface area (TPSA) is 12.5 Å². The van der Waals surface area contributed by atoms with E-state index in [1.54, 1.807) is 0 Å². The van der Waals surface area contributed by atoms with Crippen molar-refractivity contribution in [1.82, 2.24) is 0 Å². The molecule has 3 aromatic rings. The lowest BCUT2D eigenvalue weighted by molar-refractivity contribution is 0.121. The van der Waals surface area contributed by atoms with Crippen LogP contribution in [0, 0.1) is 34.6 Å². The zero-order valence-corrected chi connectivity index (χ0v) is 22.0. The van der Waals surface area contributed by atoms with E-state index in [1.807, 2.05) is 0 Å². The Bertz CT molecular complexity index is 1200. The molecule has 0 aromatic heterocycles. The van der Waals surface area contributed by atoms with E-state index in [0.717, 1.165) is 18.8 Å². The number of piperidine rings is 1. The Hall–Kier alpha value is -2.74. The normalized spacial score (nSPS) is 19.7. The van der Waals surface area contributed by atoms with E-state index in [-0.39, 0.29) is 11.5 Å². The Morgan fingerprint density at radius 2 is 1.24 bits per heavy atom. The second-order valence-electron chi connectivity index (χ2n) is 11.2. The van der Waals surface area contributed by atoms with Crippen LogP contribution < -0.4 is 9.64 Å². The van der Waals surface area contributed by atoms with Crippen LogP contribution in [0.15, 0.2) is 48.5 Å². The summed E-state index contributed by atoms with van der Waals surface area (Å²) in [5.74, 6) is 2.02. The molecule has 2 heterocycles. The van der Waals surface area contributed by atoms with Gasteiger partial charge in [0.05, 0.1) is 5.92 Å². The van der Waals surface area contributed by atoms with Gasteiger partial charge < -0.3 is 9.64 Å². The van der Waals surface area contributed by atoms with Crippen molar-refractivity contribution in [1.29, 1.82) is 0 Å². The van der Waals surface area contributed by atoms with Gasteiger partial charge >= 0.3 is 0 Å². The molecule has 0 bridgehead atoms. The molecule has 1 fully saturated rings. The molecule has 0 saturated carbocycles. The number of nitrogens with zero attached hydrogens (tertiary/aromatic N) is 1. The van der Waals surface area contributed by atoms with Crippen LogP contribution in [0.25, 0.3) is 0 Å². The number of ether oxygens (including phenoxy) is 1. The molecule has 2 nitrogen and oxygen atoms in total. The van der Waals surface area contributed by atoms with Gasteiger partial charge in [0.2, 0.25) is 0 Å². The molecule has 1 saturated heterocycles. The average molecular weight is 454 g/mol. The molecule has 5 rings (SSSR count). The third-order valence-electron chi connectivity index (χ3n) is 8.38. The predicted octanol–water partition coefficient (Wildman–Crippen LogP) is 7.92. The highest BCUT2D eigenvalue weighted by atomic mass is 16.5. The molecule has 0 aliphatic carbocycles. The molecule has 0 spiro atoms. The first kappa shape index (κ1) is 23.0. The van der Waals surface area contributed by atoms with Gasteiger partial charge in [0.1, 0.15) is 11.4 Å². The molecule has 34 heavy (non-hydrogen) atoms. The molecule has 2 aliphatic rings. The maximum absolute atomic E-state index is 6.69. The zero-order valence-electron chi connectivity index (χ0n) is 22.0. The molecule has 0 N–H and O–H groups in total. The highest BCUT2D eigenvalue weighted by molar-refractivity contribution is 5.72. The van der Waals surface area contributed by atoms with Gasteiger partial charge in [0, 0.05) is 24.3 Å². The molecule has 178 valence electrons. The molecule has 1 atom stereocenters. The highest BCUT2D eigenvalue weighted by Crippen LogP contribution is 2.54. The number of fused-ring (bicyclic) bond motifs is 1. The summed E-state index contributed by atoms with van der Waals surface area (Å²) in [6.07, 6.45) is 2.42. The second-order valence-corrected chi connectivity index (χ2v) is 11.2. The van der Waals surface area contributed by atoms with E-state index in [0.29, 0.717) is 5.92 Å². The first-order chi connectivity index (χ1) is 16.2. The maximum atomic E-state index is 6.69. The fraction of sp³-hybridized carbons (Fsp3) is 0.438. The maximum Gasteiger partial charge on any atom is 0.127 e. The lowest BCUT2D eigenvalue weighted by atomic mass is 9.78. The predicted molar refractivity (Wildman–Crippen MR) is 144 cm³/mol. The van der Waals surface area contributed by atoms with E-state index < -0.39 is 0 Å². The van der Waals surface area contributed by atoms with Crippen LogP contribution in [0.4, 0.5) is 5.69 Å². The Labute approximate surface area is 206 Å². The summed E-state index contributed by atoms with van der Waals surface area (Å²) in [5.41, 5.74) is 12.2. The largest absolute Gasteiger partial charge is 0.486 e. The summed E-state index contributed by atoms with van der Waals surface area (Å²) in [6.45, 7) is 17.9. The number of benzene rings is 3. The number of hydrogen-bond acceptors (Lipinski definition) is 2. The van der Waals surface area contributed by atoms with Crippen LogP contribution >= 0.6 is 0 Å². The summed E-state index contributed by atoms with van der Waals surface area (Å²) < 4.78 is 6.69. The van der Waals surface area contributed by atoms with Crippen molar-refractivity contribution in [2.45, 2.75) is 78.7 Å². The summed E-state index contributed by atoms with van der Waals surface area (Å²) in [4.78, 5) is 2.65. The number of aryl methyl sites for hydroxylation is 2. The first-order valence-corrected chi connectivity index (χ1v) is 12.9. The lowest BCUT2D eigenvalue weighted by Gasteiger charge is -2.37. The van der Waals surface area contributed by atoms with E-state index >= 15 is 0 Å². The minimum Gasteiger partial charge on any atom is -0.486 e. The van der Waals surface area contributed by atoms with Crippen molar-refractivity contribution in [3.8, 4) is 5.75 Å². The number of anilines is 1. The molecule has 1 unspecified atom stereocenters. The molecular formula is C32H39NO. The minimum absolute atomic E-state index is 0.242. The van der Waals surface area contributed by atoms with Crippen molar-refractivity contribution in [3.63, 3.8) is 0 Å². The summed E-state index contributed by atoms with van der Waals surface area (Å²) >= 11 is 0. The molecule has 2 aliphatic heterocycles. The van der Waals surface area contributed by atoms with E-state index in [2.05, 4.69) is 102 Å². The van der Waals surface area contributed by atoms with Gasteiger partial charge in [-0.25, -0.2) is 0 Å². The molecule has 0 radical (unpaired) electrons. The summed E-state index contributed by atoms with van der Waals surface area (Å²) in [6, 6.07) is 18.2. The standard InChI is InChI=1S/C32H39NO/c1-20-8-12-25(13-9-20)26-16-18-33(19-17-26)30-22(3)23(4)31-28(24(30)5)29(32(6,7)34-31)27-14-10-21(2)11-15-27/h8-15,26,29H,16-19H2,1-7H3. The Kier molecular flexibility index (Phi) is 5.74.